The molecule has 12 unspecified atom stereocenters. The number of carbonyl (C=O) groups excluding carboxylic acids is 11. The van der Waals surface area contributed by atoms with Crippen LogP contribution in [0.2, 0.25) is 0 Å². The molecule has 1 saturated heterocycles. The molecule has 5 N–H and O–H groups in total. The SMILES string of the molecule is CC=CCC(C)C1OC(=O)C(C(C)C)N(C)C(=O)C(CC(C)C)N(C)C(=O)C(CC(C)C)N(C)C(=O)C(C)NC(=O)C(C)NC(=O)C(CC(C)C)N(C)C(=O)C(C(C)C)NC(=O)C(CC(C)C)N(C)C(=O)CN(C)C(=O)C(C(C)C)NC(=O)C1NC. The van der Waals surface area contributed by atoms with Crippen LogP contribution in [-0.2, 0) is 57.5 Å². The molecule has 0 saturated carbocycles. The summed E-state index contributed by atoms with van der Waals surface area (Å²) in [6.07, 6.45) is 3.57. The number of hydrogen-bond donors (Lipinski definition) is 5. The Balaban J connectivity index is 4.30. The van der Waals surface area contributed by atoms with Crippen LogP contribution in [0.25, 0.3) is 0 Å². The Kier molecular flexibility index (Phi) is 32.3. The third-order valence-corrected chi connectivity index (χ3v) is 16.1. The van der Waals surface area contributed by atoms with E-state index < -0.39 is 162 Å². The van der Waals surface area contributed by atoms with Crippen LogP contribution in [0.4, 0.5) is 0 Å². The van der Waals surface area contributed by atoms with Gasteiger partial charge in [0, 0.05) is 42.3 Å². The number of ether oxygens (including phenoxy) is 1. The molecular weight excluding hydrogens is 1100 g/mol. The quantitative estimate of drug-likeness (QED) is 0.115. The van der Waals surface area contributed by atoms with Crippen LogP contribution in [0.3, 0.4) is 0 Å². The molecule has 23 nitrogen and oxygen atoms in total. The van der Waals surface area contributed by atoms with E-state index >= 15 is 4.79 Å². The van der Waals surface area contributed by atoms with Gasteiger partial charge in [-0.25, -0.2) is 4.79 Å². The van der Waals surface area contributed by atoms with Crippen LogP contribution >= 0.6 is 0 Å². The molecule has 0 aromatic heterocycles. The van der Waals surface area contributed by atoms with Gasteiger partial charge in [-0.2, -0.15) is 0 Å². The van der Waals surface area contributed by atoms with E-state index in [2.05, 4.69) is 26.6 Å². The molecule has 1 aliphatic heterocycles. The average Bonchev–Trinajstić information content (AvgIpc) is 3.57. The lowest BCUT2D eigenvalue weighted by molar-refractivity contribution is -0.167. The normalized spacial score (nSPS) is 27.3. The zero-order valence-corrected chi connectivity index (χ0v) is 56.9. The van der Waals surface area contributed by atoms with Gasteiger partial charge in [0.15, 0.2) is 0 Å². The molecule has 0 bridgehead atoms. The van der Waals surface area contributed by atoms with E-state index in [1.54, 1.807) is 41.5 Å². The van der Waals surface area contributed by atoms with Crippen LogP contribution in [0.15, 0.2) is 12.2 Å². The minimum absolute atomic E-state index is 0.124. The number of nitrogens with zero attached hydrogens (tertiary/aromatic N) is 6. The number of rotatable bonds is 15. The van der Waals surface area contributed by atoms with Gasteiger partial charge in [-0.1, -0.05) is 116 Å². The number of allylic oxidation sites excluding steroid dienone is 2. The largest absolute Gasteiger partial charge is 0.458 e. The molecule has 23 heteroatoms. The summed E-state index contributed by atoms with van der Waals surface area (Å²) in [5.74, 6) is -9.73. The van der Waals surface area contributed by atoms with Gasteiger partial charge in [-0.15, -0.1) is 0 Å². The van der Waals surface area contributed by atoms with E-state index in [4.69, 9.17) is 4.74 Å². The number of cyclic esters (lactones) is 1. The summed E-state index contributed by atoms with van der Waals surface area (Å²) in [6, 6.07) is -11.8. The van der Waals surface area contributed by atoms with Crippen molar-refractivity contribution in [3.8, 4) is 0 Å². The zero-order chi connectivity index (χ0) is 66.7. The maximum absolute atomic E-state index is 15.1. The topological polar surface area (TPSA) is 277 Å². The van der Waals surface area contributed by atoms with Crippen molar-refractivity contribution in [3.63, 3.8) is 0 Å². The molecular formula is C63H113N11O12. The van der Waals surface area contributed by atoms with Crippen molar-refractivity contribution in [1.29, 1.82) is 0 Å². The lowest BCUT2D eigenvalue weighted by atomic mass is 9.92. The highest BCUT2D eigenvalue weighted by molar-refractivity contribution is 5.98. The standard InChI is InChI=1S/C63H113N11O12/c1-26-27-28-41(16)53-51(64-19)57(79)68-49(38(10)11)61(83)69(20)33-48(75)70(21)44(29-34(2)3)56(78)67-50(39(12)13)62(84)71(22)45(30-35(4)5)55(77)65-42(17)54(76)66-43(18)58(80)72(23)46(31-36(6)7)59(81)73(24)47(32-37(8)9)60(82)74(25)52(40(14)15)63(85)86-53/h26-27,34-47,49-53,64H,28-33H2,1-25H3,(H,65,77)(H,66,76)(H,67,78)(H,68,79). The lowest BCUT2D eigenvalue weighted by Crippen LogP contribution is -2.61. The summed E-state index contributed by atoms with van der Waals surface area (Å²) in [6.45, 7) is 31.5. The van der Waals surface area contributed by atoms with Crippen LogP contribution in [0.5, 0.6) is 0 Å². The third-order valence-electron chi connectivity index (χ3n) is 16.1. The molecule has 1 rings (SSSR count). The van der Waals surface area contributed by atoms with Crippen molar-refractivity contribution in [2.75, 3.05) is 55.9 Å². The van der Waals surface area contributed by atoms with E-state index in [0.717, 1.165) is 0 Å². The molecule has 1 fully saturated rings. The summed E-state index contributed by atoms with van der Waals surface area (Å²) in [5, 5.41) is 14.1. The Labute approximate surface area is 515 Å². The second kappa shape index (κ2) is 35.6. The molecule has 12 atom stereocenters. The Morgan fingerprint density at radius 2 is 0.872 bits per heavy atom. The molecule has 86 heavy (non-hydrogen) atoms. The predicted molar refractivity (Wildman–Crippen MR) is 333 cm³/mol. The summed E-state index contributed by atoms with van der Waals surface area (Å²) in [5.41, 5.74) is 0. The van der Waals surface area contributed by atoms with Gasteiger partial charge < -0.3 is 60.7 Å². The van der Waals surface area contributed by atoms with Crippen LogP contribution in [-0.4, -0.2) is 217 Å². The average molecular weight is 1220 g/mol. The number of carbonyl (C=O) groups is 11. The van der Waals surface area contributed by atoms with E-state index in [1.165, 1.54) is 92.6 Å². The van der Waals surface area contributed by atoms with E-state index in [1.807, 2.05) is 81.4 Å². The molecule has 1 heterocycles. The first-order valence-electron chi connectivity index (χ1n) is 31.0. The minimum Gasteiger partial charge on any atom is -0.458 e. The molecule has 0 aromatic rings. The molecule has 0 radical (unpaired) electrons. The van der Waals surface area contributed by atoms with Gasteiger partial charge >= 0.3 is 5.97 Å². The van der Waals surface area contributed by atoms with Crippen LogP contribution in [0, 0.1) is 47.3 Å². The number of esters is 1. The van der Waals surface area contributed by atoms with Crippen molar-refractivity contribution in [2.45, 2.75) is 223 Å². The number of nitrogens with one attached hydrogen (secondary N) is 5. The zero-order valence-electron chi connectivity index (χ0n) is 56.9. The first-order valence-corrected chi connectivity index (χ1v) is 31.0. The van der Waals surface area contributed by atoms with Crippen LogP contribution < -0.4 is 26.6 Å². The number of amides is 10. The number of likely N-dealkylation sites (N-methyl/N-ethyl adjacent to an activating group) is 7. The maximum Gasteiger partial charge on any atom is 0.329 e. The van der Waals surface area contributed by atoms with Gasteiger partial charge in [-0.05, 0) is 107 Å². The lowest BCUT2D eigenvalue weighted by Gasteiger charge is -2.40. The highest BCUT2D eigenvalue weighted by Crippen LogP contribution is 2.26. The molecule has 1 aliphatic rings. The van der Waals surface area contributed by atoms with E-state index in [-0.39, 0.29) is 49.4 Å². The fraction of sp³-hybridized carbons (Fsp3) is 0.794. The monoisotopic (exact) mass is 1220 g/mol. The summed E-state index contributed by atoms with van der Waals surface area (Å²) in [4.78, 5) is 167. The van der Waals surface area contributed by atoms with Gasteiger partial charge in [0.05, 0.1) is 6.54 Å². The Morgan fingerprint density at radius 1 is 0.477 bits per heavy atom. The first-order chi connectivity index (χ1) is 39.7. The highest BCUT2D eigenvalue weighted by atomic mass is 16.5. The highest BCUT2D eigenvalue weighted by Gasteiger charge is 2.45. The van der Waals surface area contributed by atoms with E-state index in [9.17, 15) is 47.9 Å². The second-order valence-corrected chi connectivity index (χ2v) is 26.6. The van der Waals surface area contributed by atoms with Crippen LogP contribution in [0.1, 0.15) is 157 Å². The summed E-state index contributed by atoms with van der Waals surface area (Å²) >= 11 is 0. The summed E-state index contributed by atoms with van der Waals surface area (Å²) < 4.78 is 6.38. The third kappa shape index (κ3) is 22.2. The predicted octanol–water partition coefficient (Wildman–Crippen LogP) is 3.83. The second-order valence-electron chi connectivity index (χ2n) is 26.6. The van der Waals surface area contributed by atoms with Crippen molar-refractivity contribution in [1.82, 2.24) is 56.0 Å². The fourth-order valence-corrected chi connectivity index (χ4v) is 10.7. The van der Waals surface area contributed by atoms with Crippen molar-refractivity contribution < 1.29 is 57.5 Å². The molecule has 0 aromatic carbocycles. The van der Waals surface area contributed by atoms with Gasteiger partial charge in [0.25, 0.3) is 0 Å². The van der Waals surface area contributed by atoms with Gasteiger partial charge in [0.2, 0.25) is 59.1 Å². The van der Waals surface area contributed by atoms with Crippen molar-refractivity contribution >= 4 is 65.0 Å². The smallest absolute Gasteiger partial charge is 0.329 e. The molecule has 492 valence electrons. The van der Waals surface area contributed by atoms with Crippen molar-refractivity contribution in [3.05, 3.63) is 12.2 Å². The van der Waals surface area contributed by atoms with Gasteiger partial charge in [0.1, 0.15) is 66.5 Å². The fourth-order valence-electron chi connectivity index (χ4n) is 10.7. The van der Waals surface area contributed by atoms with Crippen molar-refractivity contribution in [2.24, 2.45) is 47.3 Å². The summed E-state index contributed by atoms with van der Waals surface area (Å²) in [7, 11) is 10.2. The minimum atomic E-state index is -1.24. The maximum atomic E-state index is 15.1. The first kappa shape index (κ1) is 77.9. The van der Waals surface area contributed by atoms with E-state index in [0.29, 0.717) is 6.42 Å². The Bertz CT molecular complexity index is 2340. The molecule has 10 amide bonds. The molecule has 0 aliphatic carbocycles. The Morgan fingerprint density at radius 3 is 1.31 bits per heavy atom. The molecule has 0 spiro atoms. The van der Waals surface area contributed by atoms with Gasteiger partial charge in [-0.3, -0.25) is 47.9 Å². The Hall–Kier alpha value is -6.13. The number of hydrogen-bond acceptors (Lipinski definition) is 13.